The minimum atomic E-state index is -0.495. The smallest absolute Gasteiger partial charge is 0.159 e. The van der Waals surface area contributed by atoms with Gasteiger partial charge < -0.3 is 14.8 Å². The number of nitrogens with zero attached hydrogens (tertiary/aromatic N) is 3. The van der Waals surface area contributed by atoms with Gasteiger partial charge in [0, 0.05) is 60.6 Å². The average Bonchev–Trinajstić information content (AvgIpc) is 3.43. The van der Waals surface area contributed by atoms with Crippen molar-refractivity contribution in [3.8, 4) is 5.75 Å². The van der Waals surface area contributed by atoms with E-state index in [0.29, 0.717) is 40.0 Å². The molecule has 2 aromatic carbocycles. The Morgan fingerprint density at radius 1 is 1.26 bits per heavy atom. The minimum absolute atomic E-state index is 0.0120. The van der Waals surface area contributed by atoms with Gasteiger partial charge in [-0.3, -0.25) is 9.69 Å². The Morgan fingerprint density at radius 3 is 2.80 bits per heavy atom. The average molecular weight is 497 g/mol. The lowest BCUT2D eigenvalue weighted by Gasteiger charge is -2.14. The van der Waals surface area contributed by atoms with E-state index >= 15 is 0 Å². The van der Waals surface area contributed by atoms with Gasteiger partial charge in [-0.15, -0.1) is 0 Å². The van der Waals surface area contributed by atoms with Gasteiger partial charge in [0.2, 0.25) is 0 Å². The number of hydrogen-bond donors (Lipinski definition) is 1. The van der Waals surface area contributed by atoms with Crippen LogP contribution in [-0.4, -0.2) is 60.6 Å². The van der Waals surface area contributed by atoms with Crippen LogP contribution >= 0.6 is 11.6 Å². The van der Waals surface area contributed by atoms with E-state index in [-0.39, 0.29) is 17.2 Å². The standard InChI is InChI=1S/C26H26ClFN4O3/c1-34-25-10-24-21(26(30-15-29-24)31-19-4-5-23(28)22(27)9-19)8-16(25)7-20(33)3-2-6-32-11-17-13-35-14-18(17)12-32/h2-5,8-10,15,17-18H,6-7,11-14H2,1H3,(H,29,30,31)/b3-2+. The first kappa shape index (κ1) is 23.7. The topological polar surface area (TPSA) is 76.6 Å². The normalized spacial score (nSPS) is 20.0. The highest BCUT2D eigenvalue weighted by Crippen LogP contribution is 2.31. The molecular formula is C26H26ClFN4O3. The maximum atomic E-state index is 13.5. The van der Waals surface area contributed by atoms with E-state index in [0.717, 1.165) is 38.4 Å². The number of allylic oxidation sites excluding steroid dienone is 1. The van der Waals surface area contributed by atoms with Crippen molar-refractivity contribution < 1.29 is 18.7 Å². The third-order valence-corrected chi connectivity index (χ3v) is 6.86. The van der Waals surface area contributed by atoms with Crippen LogP contribution in [0.3, 0.4) is 0 Å². The second kappa shape index (κ2) is 10.3. The number of rotatable bonds is 8. The summed E-state index contributed by atoms with van der Waals surface area (Å²) in [6, 6.07) is 8.00. The molecule has 1 N–H and O–H groups in total. The van der Waals surface area contributed by atoms with E-state index in [1.54, 1.807) is 25.3 Å². The number of anilines is 2. The van der Waals surface area contributed by atoms with Crippen molar-refractivity contribution in [2.24, 2.45) is 11.8 Å². The number of fused-ring (bicyclic) bond motifs is 2. The second-order valence-corrected chi connectivity index (χ2v) is 9.39. The van der Waals surface area contributed by atoms with Gasteiger partial charge in [-0.05, 0) is 30.3 Å². The van der Waals surface area contributed by atoms with E-state index < -0.39 is 5.82 Å². The summed E-state index contributed by atoms with van der Waals surface area (Å²) in [5.74, 6) is 1.84. The number of hydrogen-bond acceptors (Lipinski definition) is 7. The molecule has 0 radical (unpaired) electrons. The number of halogens is 2. The fourth-order valence-electron chi connectivity index (χ4n) is 4.78. The van der Waals surface area contributed by atoms with Gasteiger partial charge in [-0.2, -0.15) is 0 Å². The van der Waals surface area contributed by atoms with Crippen molar-refractivity contribution in [2.75, 3.05) is 45.3 Å². The zero-order valence-electron chi connectivity index (χ0n) is 19.3. The number of aromatic nitrogens is 2. The number of ketones is 1. The molecule has 182 valence electrons. The van der Waals surface area contributed by atoms with Gasteiger partial charge in [0.15, 0.2) is 5.78 Å². The molecule has 3 aromatic rings. The summed E-state index contributed by atoms with van der Waals surface area (Å²) in [6.45, 7) is 4.50. The van der Waals surface area contributed by atoms with Crippen LogP contribution in [-0.2, 0) is 16.0 Å². The molecule has 3 heterocycles. The van der Waals surface area contributed by atoms with Crippen LogP contribution < -0.4 is 10.1 Å². The molecular weight excluding hydrogens is 471 g/mol. The first-order chi connectivity index (χ1) is 17.0. The minimum Gasteiger partial charge on any atom is -0.496 e. The highest BCUT2D eigenvalue weighted by Gasteiger charge is 2.36. The Hall–Kier alpha value is -3.07. The molecule has 2 fully saturated rings. The Bertz CT molecular complexity index is 1270. The zero-order chi connectivity index (χ0) is 24.4. The summed E-state index contributed by atoms with van der Waals surface area (Å²) in [5.41, 5.74) is 1.98. The van der Waals surface area contributed by atoms with Crippen molar-refractivity contribution in [1.82, 2.24) is 14.9 Å². The molecule has 9 heteroatoms. The predicted octanol–water partition coefficient (Wildman–Crippen LogP) is 4.42. The van der Waals surface area contributed by atoms with E-state index in [1.165, 1.54) is 18.5 Å². The summed E-state index contributed by atoms with van der Waals surface area (Å²) >= 11 is 5.91. The molecule has 0 saturated carbocycles. The number of nitrogens with one attached hydrogen (secondary N) is 1. The molecule has 2 atom stereocenters. The molecule has 0 bridgehead atoms. The van der Waals surface area contributed by atoms with E-state index in [4.69, 9.17) is 21.1 Å². The first-order valence-corrected chi connectivity index (χ1v) is 11.9. The number of methoxy groups -OCH3 is 1. The van der Waals surface area contributed by atoms with Crippen LogP contribution in [0, 0.1) is 17.7 Å². The predicted molar refractivity (Wildman–Crippen MR) is 133 cm³/mol. The van der Waals surface area contributed by atoms with Crippen LogP contribution in [0.1, 0.15) is 5.56 Å². The molecule has 0 spiro atoms. The lowest BCUT2D eigenvalue weighted by Crippen LogP contribution is -2.23. The molecule has 2 saturated heterocycles. The van der Waals surface area contributed by atoms with E-state index in [2.05, 4.69) is 20.2 Å². The number of likely N-dealkylation sites (tertiary alicyclic amines) is 1. The van der Waals surface area contributed by atoms with Crippen LogP contribution in [0.4, 0.5) is 15.9 Å². The van der Waals surface area contributed by atoms with Crippen molar-refractivity contribution >= 4 is 39.8 Å². The van der Waals surface area contributed by atoms with Crippen molar-refractivity contribution in [3.05, 3.63) is 65.2 Å². The SMILES string of the molecule is COc1cc2ncnc(Nc3ccc(F)c(Cl)c3)c2cc1CC(=O)/C=C/CN1CC2COCC2C1. The van der Waals surface area contributed by atoms with Crippen LogP contribution in [0.25, 0.3) is 10.9 Å². The Kier molecular flexibility index (Phi) is 6.95. The molecule has 2 aliphatic rings. The van der Waals surface area contributed by atoms with Gasteiger partial charge in [-0.1, -0.05) is 17.7 Å². The highest BCUT2D eigenvalue weighted by atomic mass is 35.5. The van der Waals surface area contributed by atoms with Crippen molar-refractivity contribution in [1.29, 1.82) is 0 Å². The second-order valence-electron chi connectivity index (χ2n) is 8.98. The maximum absolute atomic E-state index is 13.5. The molecule has 1 aromatic heterocycles. The number of carbonyl (C=O) groups excluding carboxylic acids is 1. The lowest BCUT2D eigenvalue weighted by atomic mass is 10.0. The number of carbonyl (C=O) groups is 1. The number of benzene rings is 2. The molecule has 7 nitrogen and oxygen atoms in total. The number of ether oxygens (including phenoxy) is 2. The highest BCUT2D eigenvalue weighted by molar-refractivity contribution is 6.31. The van der Waals surface area contributed by atoms with Gasteiger partial charge >= 0.3 is 0 Å². The fraction of sp³-hybridized carbons (Fsp3) is 0.346. The Morgan fingerprint density at radius 2 is 2.06 bits per heavy atom. The third-order valence-electron chi connectivity index (χ3n) is 6.57. The van der Waals surface area contributed by atoms with Crippen molar-refractivity contribution in [3.63, 3.8) is 0 Å². The van der Waals surface area contributed by atoms with E-state index in [1.807, 2.05) is 12.1 Å². The summed E-state index contributed by atoms with van der Waals surface area (Å²) in [4.78, 5) is 23.8. The van der Waals surface area contributed by atoms with Crippen LogP contribution in [0.2, 0.25) is 5.02 Å². The summed E-state index contributed by atoms with van der Waals surface area (Å²) < 4.78 is 24.6. The zero-order valence-corrected chi connectivity index (χ0v) is 20.1. The van der Waals surface area contributed by atoms with E-state index in [9.17, 15) is 9.18 Å². The van der Waals surface area contributed by atoms with Crippen LogP contribution in [0.15, 0.2) is 48.8 Å². The van der Waals surface area contributed by atoms with Gasteiger partial charge in [-0.25, -0.2) is 14.4 Å². The molecule has 2 aliphatic heterocycles. The first-order valence-electron chi connectivity index (χ1n) is 11.5. The lowest BCUT2D eigenvalue weighted by molar-refractivity contribution is -0.114. The third kappa shape index (κ3) is 5.29. The largest absolute Gasteiger partial charge is 0.496 e. The van der Waals surface area contributed by atoms with Gasteiger partial charge in [0.25, 0.3) is 0 Å². The Labute approximate surface area is 207 Å². The summed E-state index contributed by atoms with van der Waals surface area (Å²) in [7, 11) is 1.57. The van der Waals surface area contributed by atoms with Crippen molar-refractivity contribution in [2.45, 2.75) is 6.42 Å². The Balaban J connectivity index is 1.31. The van der Waals surface area contributed by atoms with Crippen LogP contribution in [0.5, 0.6) is 5.75 Å². The fourth-order valence-corrected chi connectivity index (χ4v) is 4.96. The monoisotopic (exact) mass is 496 g/mol. The quantitative estimate of drug-likeness (QED) is 0.462. The van der Waals surface area contributed by atoms with Gasteiger partial charge in [0.05, 0.1) is 30.9 Å². The molecule has 35 heavy (non-hydrogen) atoms. The molecule has 5 rings (SSSR count). The van der Waals surface area contributed by atoms with Gasteiger partial charge in [0.1, 0.15) is 23.7 Å². The molecule has 0 aliphatic carbocycles. The summed E-state index contributed by atoms with van der Waals surface area (Å²) in [6.07, 6.45) is 5.20. The molecule has 0 amide bonds. The summed E-state index contributed by atoms with van der Waals surface area (Å²) in [5, 5.41) is 3.89. The molecule has 2 unspecified atom stereocenters. The maximum Gasteiger partial charge on any atom is 0.159 e.